The number of hydrogen-bond acceptors (Lipinski definition) is 3. The Morgan fingerprint density at radius 3 is 2.83 bits per heavy atom. The number of anilines is 1. The molecule has 0 spiro atoms. The van der Waals surface area contributed by atoms with Gasteiger partial charge in [0.1, 0.15) is 11.4 Å². The van der Waals surface area contributed by atoms with Crippen molar-refractivity contribution in [3.8, 4) is 0 Å². The molecule has 1 unspecified atom stereocenters. The van der Waals surface area contributed by atoms with E-state index in [-0.39, 0.29) is 5.69 Å². The van der Waals surface area contributed by atoms with Crippen LogP contribution in [0.25, 0.3) is 0 Å². The van der Waals surface area contributed by atoms with E-state index in [0.29, 0.717) is 13.0 Å². The molecular formula is C13H17FN2O2. The summed E-state index contributed by atoms with van der Waals surface area (Å²) in [5, 5.41) is 12.3. The van der Waals surface area contributed by atoms with E-state index in [9.17, 15) is 14.3 Å². The van der Waals surface area contributed by atoms with Gasteiger partial charge >= 0.3 is 5.97 Å². The van der Waals surface area contributed by atoms with Gasteiger partial charge in [0.15, 0.2) is 0 Å². The summed E-state index contributed by atoms with van der Waals surface area (Å²) in [6.45, 7) is 1.24. The molecule has 18 heavy (non-hydrogen) atoms. The fraction of sp³-hybridized carbons (Fsp3) is 0.462. The van der Waals surface area contributed by atoms with E-state index in [1.165, 1.54) is 6.07 Å². The summed E-state index contributed by atoms with van der Waals surface area (Å²) in [6.07, 6.45) is 1.28. The summed E-state index contributed by atoms with van der Waals surface area (Å²) in [5.74, 6) is -1.36. The van der Waals surface area contributed by atoms with Crippen molar-refractivity contribution >= 4 is 11.7 Å². The van der Waals surface area contributed by atoms with Crippen LogP contribution in [-0.4, -0.2) is 41.7 Å². The molecule has 0 aliphatic carbocycles. The monoisotopic (exact) mass is 252 g/mol. The van der Waals surface area contributed by atoms with Gasteiger partial charge in [0.2, 0.25) is 0 Å². The predicted octanol–water partition coefficient (Wildman–Crippen LogP) is 1.79. The molecule has 2 N–H and O–H groups in total. The molecule has 1 fully saturated rings. The largest absolute Gasteiger partial charge is 0.479 e. The third kappa shape index (κ3) is 2.46. The first kappa shape index (κ1) is 12.8. The zero-order valence-electron chi connectivity index (χ0n) is 10.3. The maximum Gasteiger partial charge on any atom is 0.330 e. The molecule has 1 aromatic carbocycles. The molecule has 1 heterocycles. The van der Waals surface area contributed by atoms with Gasteiger partial charge < -0.3 is 15.3 Å². The summed E-state index contributed by atoms with van der Waals surface area (Å²) in [4.78, 5) is 13.5. The van der Waals surface area contributed by atoms with E-state index >= 15 is 0 Å². The van der Waals surface area contributed by atoms with Gasteiger partial charge in [-0.05, 0) is 38.6 Å². The summed E-state index contributed by atoms with van der Waals surface area (Å²) in [7, 11) is 1.87. The van der Waals surface area contributed by atoms with Crippen LogP contribution < -0.4 is 5.32 Å². The number of carboxylic acid groups (broad SMARTS) is 1. The van der Waals surface area contributed by atoms with Gasteiger partial charge in [0.25, 0.3) is 0 Å². The van der Waals surface area contributed by atoms with Crippen LogP contribution in [0.1, 0.15) is 12.8 Å². The second-order valence-electron chi connectivity index (χ2n) is 4.83. The van der Waals surface area contributed by atoms with E-state index in [4.69, 9.17) is 0 Å². The molecule has 1 aliphatic heterocycles. The van der Waals surface area contributed by atoms with Crippen LogP contribution in [0.2, 0.25) is 0 Å². The highest BCUT2D eigenvalue weighted by molar-refractivity contribution is 5.83. The number of carbonyl (C=O) groups is 1. The van der Waals surface area contributed by atoms with Gasteiger partial charge in [-0.25, -0.2) is 9.18 Å². The SMILES string of the molecule is CN1CCCC(Nc2ccccc2F)(C(=O)O)C1. The Bertz CT molecular complexity index is 452. The van der Waals surface area contributed by atoms with Crippen LogP contribution in [-0.2, 0) is 4.79 Å². The lowest BCUT2D eigenvalue weighted by Gasteiger charge is -2.39. The quantitative estimate of drug-likeness (QED) is 0.861. The first-order valence-electron chi connectivity index (χ1n) is 5.98. The number of nitrogens with one attached hydrogen (secondary N) is 1. The van der Waals surface area contributed by atoms with E-state index in [2.05, 4.69) is 5.32 Å². The summed E-state index contributed by atoms with van der Waals surface area (Å²) in [6, 6.07) is 6.16. The number of carboxylic acids is 1. The number of benzene rings is 1. The Balaban J connectivity index is 2.26. The third-order valence-corrected chi connectivity index (χ3v) is 3.34. The highest BCUT2D eigenvalue weighted by Gasteiger charge is 2.41. The molecule has 0 aromatic heterocycles. The topological polar surface area (TPSA) is 52.6 Å². The smallest absolute Gasteiger partial charge is 0.330 e. The second kappa shape index (κ2) is 4.94. The zero-order valence-corrected chi connectivity index (χ0v) is 10.3. The normalized spacial score (nSPS) is 24.8. The van der Waals surface area contributed by atoms with Crippen LogP contribution >= 0.6 is 0 Å². The Labute approximate surface area is 105 Å². The number of aliphatic carboxylic acids is 1. The summed E-state index contributed by atoms with van der Waals surface area (Å²) in [5.41, 5.74) is -0.856. The first-order valence-corrected chi connectivity index (χ1v) is 5.98. The number of hydrogen-bond donors (Lipinski definition) is 2. The van der Waals surface area contributed by atoms with Crippen molar-refractivity contribution in [3.05, 3.63) is 30.1 Å². The molecule has 4 nitrogen and oxygen atoms in total. The lowest BCUT2D eigenvalue weighted by molar-refractivity contribution is -0.144. The lowest BCUT2D eigenvalue weighted by Crippen LogP contribution is -2.57. The van der Waals surface area contributed by atoms with Gasteiger partial charge in [0.05, 0.1) is 5.69 Å². The minimum absolute atomic E-state index is 0.246. The maximum absolute atomic E-state index is 13.6. The maximum atomic E-state index is 13.6. The average Bonchev–Trinajstić information content (AvgIpc) is 2.32. The standard InChI is InChI=1S/C13H17FN2O2/c1-16-8-4-7-13(9-16,12(17)18)15-11-6-3-2-5-10(11)14/h2-3,5-6,15H,4,7-9H2,1H3,(H,17,18). The van der Waals surface area contributed by atoms with Gasteiger partial charge in [-0.2, -0.15) is 0 Å². The lowest BCUT2D eigenvalue weighted by atomic mass is 9.89. The fourth-order valence-corrected chi connectivity index (χ4v) is 2.42. The van der Waals surface area contributed by atoms with E-state index in [0.717, 1.165) is 13.0 Å². The molecule has 2 rings (SSSR count). The predicted molar refractivity (Wildman–Crippen MR) is 67.1 cm³/mol. The van der Waals surface area contributed by atoms with E-state index in [1.807, 2.05) is 11.9 Å². The van der Waals surface area contributed by atoms with Gasteiger partial charge in [0, 0.05) is 6.54 Å². The van der Waals surface area contributed by atoms with Crippen molar-refractivity contribution in [2.24, 2.45) is 0 Å². The van der Waals surface area contributed by atoms with Crippen molar-refractivity contribution < 1.29 is 14.3 Å². The van der Waals surface area contributed by atoms with Crippen LogP contribution in [0, 0.1) is 5.82 Å². The minimum Gasteiger partial charge on any atom is -0.479 e. The third-order valence-electron chi connectivity index (χ3n) is 3.34. The molecule has 1 aliphatic rings. The van der Waals surface area contributed by atoms with Crippen LogP contribution in [0.15, 0.2) is 24.3 Å². The molecule has 0 radical (unpaired) electrons. The summed E-state index contributed by atoms with van der Waals surface area (Å²) < 4.78 is 13.6. The van der Waals surface area contributed by atoms with E-state index in [1.54, 1.807) is 18.2 Å². The van der Waals surface area contributed by atoms with Gasteiger partial charge in [-0.3, -0.25) is 0 Å². The van der Waals surface area contributed by atoms with Crippen molar-refractivity contribution in [1.29, 1.82) is 0 Å². The molecule has 98 valence electrons. The number of piperidine rings is 1. The molecule has 0 bridgehead atoms. The zero-order chi connectivity index (χ0) is 13.2. The van der Waals surface area contributed by atoms with Crippen molar-refractivity contribution in [3.63, 3.8) is 0 Å². The molecule has 5 heteroatoms. The van der Waals surface area contributed by atoms with Gasteiger partial charge in [-0.15, -0.1) is 0 Å². The fourth-order valence-electron chi connectivity index (χ4n) is 2.42. The van der Waals surface area contributed by atoms with Crippen LogP contribution in [0.4, 0.5) is 10.1 Å². The Hall–Kier alpha value is -1.62. The van der Waals surface area contributed by atoms with Crippen molar-refractivity contribution in [2.75, 3.05) is 25.5 Å². The Morgan fingerprint density at radius 1 is 1.50 bits per heavy atom. The number of para-hydroxylation sites is 1. The number of rotatable bonds is 3. The second-order valence-corrected chi connectivity index (χ2v) is 4.83. The molecular weight excluding hydrogens is 235 g/mol. The van der Waals surface area contributed by atoms with Crippen molar-refractivity contribution in [1.82, 2.24) is 4.90 Å². The number of likely N-dealkylation sites (N-methyl/N-ethyl adjacent to an activating group) is 1. The van der Waals surface area contributed by atoms with Crippen molar-refractivity contribution in [2.45, 2.75) is 18.4 Å². The highest BCUT2D eigenvalue weighted by atomic mass is 19.1. The average molecular weight is 252 g/mol. The summed E-state index contributed by atoms with van der Waals surface area (Å²) >= 11 is 0. The Morgan fingerprint density at radius 2 is 2.22 bits per heavy atom. The highest BCUT2D eigenvalue weighted by Crippen LogP contribution is 2.27. The minimum atomic E-state index is -1.10. The van der Waals surface area contributed by atoms with Gasteiger partial charge in [-0.1, -0.05) is 12.1 Å². The molecule has 0 saturated carbocycles. The molecule has 1 saturated heterocycles. The first-order chi connectivity index (χ1) is 8.53. The number of halogens is 1. The van der Waals surface area contributed by atoms with Crippen LogP contribution in [0.5, 0.6) is 0 Å². The number of nitrogens with zero attached hydrogens (tertiary/aromatic N) is 1. The molecule has 1 aromatic rings. The van der Waals surface area contributed by atoms with E-state index < -0.39 is 17.3 Å². The molecule has 0 amide bonds. The number of likely N-dealkylation sites (tertiary alicyclic amines) is 1. The van der Waals surface area contributed by atoms with Crippen LogP contribution in [0.3, 0.4) is 0 Å². The molecule has 1 atom stereocenters. The Kier molecular flexibility index (Phi) is 3.52.